The highest BCUT2D eigenvalue weighted by Gasteiger charge is 2.25. The molecule has 1 aliphatic rings. The van der Waals surface area contributed by atoms with E-state index in [0.717, 1.165) is 18.7 Å². The molecule has 1 aliphatic heterocycles. The summed E-state index contributed by atoms with van der Waals surface area (Å²) in [7, 11) is 2.05. The van der Waals surface area contributed by atoms with Gasteiger partial charge in [0.1, 0.15) is 0 Å². The molecule has 0 radical (unpaired) electrons. The van der Waals surface area contributed by atoms with Crippen molar-refractivity contribution in [1.82, 2.24) is 15.2 Å². The Balaban J connectivity index is 1.70. The van der Waals surface area contributed by atoms with Gasteiger partial charge in [0.25, 0.3) is 11.5 Å². The number of hydrogen-bond donors (Lipinski definition) is 2. The van der Waals surface area contributed by atoms with E-state index >= 15 is 0 Å². The maximum Gasteiger partial charge on any atom is 0.255 e. The predicted molar refractivity (Wildman–Crippen MR) is 97.6 cm³/mol. The summed E-state index contributed by atoms with van der Waals surface area (Å²) in [6, 6.07) is 15.3. The van der Waals surface area contributed by atoms with Crippen LogP contribution in [0.3, 0.4) is 0 Å². The van der Waals surface area contributed by atoms with Gasteiger partial charge in [-0.1, -0.05) is 42.5 Å². The summed E-state index contributed by atoms with van der Waals surface area (Å²) in [5.41, 5.74) is 2.69. The Morgan fingerprint density at radius 3 is 2.68 bits per heavy atom. The number of aromatic nitrogens is 1. The molecule has 2 N–H and O–H groups in total. The first kappa shape index (κ1) is 15.6. The number of pyridine rings is 1. The van der Waals surface area contributed by atoms with Crippen molar-refractivity contribution in [2.24, 2.45) is 0 Å². The summed E-state index contributed by atoms with van der Waals surface area (Å²) in [6.45, 7) is 1.63. The first-order valence-corrected chi connectivity index (χ1v) is 8.31. The number of H-pyrrole nitrogens is 1. The van der Waals surface area contributed by atoms with E-state index in [9.17, 15) is 9.59 Å². The first-order valence-electron chi connectivity index (χ1n) is 8.31. The number of rotatable bonds is 2. The molecule has 0 bridgehead atoms. The topological polar surface area (TPSA) is 65.2 Å². The van der Waals surface area contributed by atoms with E-state index in [1.165, 1.54) is 11.8 Å². The fourth-order valence-corrected chi connectivity index (χ4v) is 3.54. The summed E-state index contributed by atoms with van der Waals surface area (Å²) in [6.07, 6.45) is 1.50. The van der Waals surface area contributed by atoms with Gasteiger partial charge in [0, 0.05) is 30.1 Å². The molecular formula is C20H19N3O2. The van der Waals surface area contributed by atoms with E-state index in [0.29, 0.717) is 16.3 Å². The Bertz CT molecular complexity index is 1010. The van der Waals surface area contributed by atoms with Gasteiger partial charge < -0.3 is 10.3 Å². The van der Waals surface area contributed by atoms with Crippen LogP contribution >= 0.6 is 0 Å². The molecule has 4 rings (SSSR count). The van der Waals surface area contributed by atoms with Crippen LogP contribution in [0, 0.1) is 0 Å². The second-order valence-electron chi connectivity index (χ2n) is 6.50. The zero-order chi connectivity index (χ0) is 17.4. The molecule has 126 valence electrons. The number of carbonyl (C=O) groups is 1. The molecule has 25 heavy (non-hydrogen) atoms. The lowest BCUT2D eigenvalue weighted by molar-refractivity contribution is 0.0923. The molecule has 3 aromatic rings. The Kier molecular flexibility index (Phi) is 3.86. The summed E-state index contributed by atoms with van der Waals surface area (Å²) >= 11 is 0. The van der Waals surface area contributed by atoms with Crippen LogP contribution in [0.4, 0.5) is 0 Å². The molecule has 0 spiro atoms. The molecule has 1 atom stereocenters. The van der Waals surface area contributed by atoms with E-state index in [1.807, 2.05) is 25.2 Å². The SMILES string of the molecule is CN1Cc2ccccc2C(NC(=O)c2c[nH]c(=O)c3ccccc23)C1. The van der Waals surface area contributed by atoms with Crippen LogP contribution in [-0.2, 0) is 6.54 Å². The van der Waals surface area contributed by atoms with Gasteiger partial charge in [-0.05, 0) is 24.2 Å². The molecule has 1 aromatic heterocycles. The van der Waals surface area contributed by atoms with Gasteiger partial charge >= 0.3 is 0 Å². The summed E-state index contributed by atoms with van der Waals surface area (Å²) < 4.78 is 0. The van der Waals surface area contributed by atoms with E-state index in [4.69, 9.17) is 0 Å². The summed E-state index contributed by atoms with van der Waals surface area (Å²) in [5, 5.41) is 4.32. The zero-order valence-electron chi connectivity index (χ0n) is 14.0. The Morgan fingerprint density at radius 1 is 1.12 bits per heavy atom. The average Bonchev–Trinajstić information content (AvgIpc) is 2.62. The first-order chi connectivity index (χ1) is 12.1. The zero-order valence-corrected chi connectivity index (χ0v) is 14.0. The quantitative estimate of drug-likeness (QED) is 0.757. The van der Waals surface area contributed by atoms with Crippen LogP contribution in [0.25, 0.3) is 10.8 Å². The maximum atomic E-state index is 12.9. The lowest BCUT2D eigenvalue weighted by Crippen LogP contribution is -2.40. The van der Waals surface area contributed by atoms with Crippen LogP contribution in [0.2, 0.25) is 0 Å². The molecule has 0 saturated heterocycles. The fraction of sp³-hybridized carbons (Fsp3) is 0.200. The van der Waals surface area contributed by atoms with Gasteiger partial charge in [-0.2, -0.15) is 0 Å². The minimum Gasteiger partial charge on any atom is -0.344 e. The summed E-state index contributed by atoms with van der Waals surface area (Å²) in [4.78, 5) is 29.7. The highest BCUT2D eigenvalue weighted by atomic mass is 16.2. The third kappa shape index (κ3) is 2.83. The van der Waals surface area contributed by atoms with Crippen molar-refractivity contribution in [2.45, 2.75) is 12.6 Å². The van der Waals surface area contributed by atoms with Gasteiger partial charge in [-0.15, -0.1) is 0 Å². The lowest BCUT2D eigenvalue weighted by Gasteiger charge is -2.32. The van der Waals surface area contributed by atoms with Crippen LogP contribution in [0.5, 0.6) is 0 Å². The van der Waals surface area contributed by atoms with Crippen LogP contribution in [0.1, 0.15) is 27.5 Å². The van der Waals surface area contributed by atoms with Gasteiger partial charge in [0.05, 0.1) is 11.6 Å². The van der Waals surface area contributed by atoms with Gasteiger partial charge in [-0.25, -0.2) is 0 Å². The minimum atomic E-state index is -0.185. The third-order valence-corrected chi connectivity index (χ3v) is 4.72. The second kappa shape index (κ2) is 6.18. The van der Waals surface area contributed by atoms with E-state index in [2.05, 4.69) is 27.3 Å². The van der Waals surface area contributed by atoms with Crippen molar-refractivity contribution < 1.29 is 4.79 Å². The lowest BCUT2D eigenvalue weighted by atomic mass is 9.95. The van der Waals surface area contributed by atoms with Crippen LogP contribution in [0.15, 0.2) is 59.5 Å². The van der Waals surface area contributed by atoms with Crippen LogP contribution < -0.4 is 10.9 Å². The highest BCUT2D eigenvalue weighted by molar-refractivity contribution is 6.06. The average molecular weight is 333 g/mol. The molecule has 0 aliphatic carbocycles. The minimum absolute atomic E-state index is 0.0758. The number of likely N-dealkylation sites (N-methyl/N-ethyl adjacent to an activating group) is 1. The van der Waals surface area contributed by atoms with Crippen molar-refractivity contribution in [3.63, 3.8) is 0 Å². The molecular weight excluding hydrogens is 314 g/mol. The predicted octanol–water partition coefficient (Wildman–Crippen LogP) is 2.44. The van der Waals surface area contributed by atoms with Gasteiger partial charge in [-0.3, -0.25) is 14.5 Å². The van der Waals surface area contributed by atoms with Gasteiger partial charge in [0.15, 0.2) is 0 Å². The number of nitrogens with one attached hydrogen (secondary N) is 2. The highest BCUT2D eigenvalue weighted by Crippen LogP contribution is 2.26. The molecule has 0 fully saturated rings. The molecule has 5 nitrogen and oxygen atoms in total. The third-order valence-electron chi connectivity index (χ3n) is 4.72. The number of amides is 1. The fourth-order valence-electron chi connectivity index (χ4n) is 3.54. The van der Waals surface area contributed by atoms with Gasteiger partial charge in [0.2, 0.25) is 0 Å². The van der Waals surface area contributed by atoms with Crippen molar-refractivity contribution in [3.05, 3.63) is 81.8 Å². The number of fused-ring (bicyclic) bond motifs is 2. The molecule has 2 aromatic carbocycles. The van der Waals surface area contributed by atoms with E-state index in [1.54, 1.807) is 18.2 Å². The van der Waals surface area contributed by atoms with E-state index in [-0.39, 0.29) is 17.5 Å². The summed E-state index contributed by atoms with van der Waals surface area (Å²) in [5.74, 6) is -0.178. The van der Waals surface area contributed by atoms with Crippen molar-refractivity contribution in [1.29, 1.82) is 0 Å². The number of benzene rings is 2. The molecule has 0 saturated carbocycles. The maximum absolute atomic E-state index is 12.9. The second-order valence-corrected chi connectivity index (χ2v) is 6.50. The number of carbonyl (C=O) groups excluding carboxylic acids is 1. The Labute approximate surface area is 145 Å². The standard InChI is InChI=1S/C20H19N3O2/c1-23-11-13-6-2-3-7-14(13)18(12-23)22-20(25)17-10-21-19(24)16-9-5-4-8-15(16)17/h2-10,18H,11-12H2,1H3,(H,21,24)(H,22,25). The van der Waals surface area contributed by atoms with Crippen molar-refractivity contribution >= 4 is 16.7 Å². The normalized spacial score (nSPS) is 17.2. The van der Waals surface area contributed by atoms with Crippen LogP contribution in [-0.4, -0.2) is 29.4 Å². The molecule has 2 heterocycles. The number of hydrogen-bond acceptors (Lipinski definition) is 3. The number of aromatic amines is 1. The van der Waals surface area contributed by atoms with E-state index < -0.39 is 0 Å². The monoisotopic (exact) mass is 333 g/mol. The van der Waals surface area contributed by atoms with Crippen molar-refractivity contribution in [3.8, 4) is 0 Å². The van der Waals surface area contributed by atoms with Crippen molar-refractivity contribution in [2.75, 3.05) is 13.6 Å². The molecule has 1 unspecified atom stereocenters. The Hall–Kier alpha value is -2.92. The molecule has 5 heteroatoms. The number of nitrogens with zero attached hydrogens (tertiary/aromatic N) is 1. The molecule has 1 amide bonds. The largest absolute Gasteiger partial charge is 0.344 e. The smallest absolute Gasteiger partial charge is 0.255 e. The Morgan fingerprint density at radius 2 is 1.84 bits per heavy atom.